The monoisotopic (exact) mass is 327 g/mol. The van der Waals surface area contributed by atoms with Crippen LogP contribution in [0.1, 0.15) is 27.0 Å². The summed E-state index contributed by atoms with van der Waals surface area (Å²) in [6.07, 6.45) is 0. The lowest BCUT2D eigenvalue weighted by atomic mass is 10.1. The average Bonchev–Trinajstić information content (AvgIpc) is 2.54. The van der Waals surface area contributed by atoms with Crippen LogP contribution in [-0.2, 0) is 4.79 Å². The number of aryl methyl sites for hydroxylation is 3. The van der Waals surface area contributed by atoms with Crippen LogP contribution in [0.25, 0.3) is 0 Å². The lowest BCUT2D eigenvalue weighted by molar-refractivity contribution is -0.120. The maximum absolute atomic E-state index is 12.0. The number of phenolic OH excluding ortho intramolecular Hbond substituents is 1. The Hall–Kier alpha value is -3.02. The topological polar surface area (TPSA) is 90.5 Å². The quantitative estimate of drug-likeness (QED) is 0.648. The molecule has 2 rings (SSSR count). The van der Waals surface area contributed by atoms with Gasteiger partial charge in [0.15, 0.2) is 0 Å². The number of hydrogen-bond acceptors (Lipinski definition) is 4. The molecule has 0 unspecified atom stereocenters. The summed E-state index contributed by atoms with van der Waals surface area (Å²) < 4.78 is 0. The van der Waals surface area contributed by atoms with Crippen LogP contribution in [-0.4, -0.2) is 23.5 Å². The van der Waals surface area contributed by atoms with Crippen molar-refractivity contribution in [3.8, 4) is 5.75 Å². The van der Waals surface area contributed by atoms with Gasteiger partial charge in [0.2, 0.25) is 0 Å². The van der Waals surface area contributed by atoms with Crippen molar-refractivity contribution in [1.29, 1.82) is 0 Å². The van der Waals surface area contributed by atoms with E-state index in [9.17, 15) is 14.7 Å². The van der Waals surface area contributed by atoms with Gasteiger partial charge in [0.25, 0.3) is 11.8 Å². The molecule has 6 nitrogen and oxygen atoms in total. The van der Waals surface area contributed by atoms with Gasteiger partial charge in [-0.1, -0.05) is 29.3 Å². The van der Waals surface area contributed by atoms with Crippen molar-refractivity contribution in [2.75, 3.05) is 11.9 Å². The van der Waals surface area contributed by atoms with E-state index in [1.54, 1.807) is 12.1 Å². The van der Waals surface area contributed by atoms with Gasteiger partial charge in [0, 0.05) is 5.69 Å². The van der Waals surface area contributed by atoms with Crippen LogP contribution in [0.5, 0.6) is 5.75 Å². The summed E-state index contributed by atoms with van der Waals surface area (Å²) in [5.74, 6) is -1.10. The molecule has 24 heavy (non-hydrogen) atoms. The third kappa shape index (κ3) is 4.49. The number of phenols is 1. The summed E-state index contributed by atoms with van der Waals surface area (Å²) in [5.41, 5.74) is 8.59. The molecular formula is C18H21N3O3. The molecule has 0 aromatic heterocycles. The number of nitrogens with one attached hydrogen (secondary N) is 3. The first-order valence-electron chi connectivity index (χ1n) is 7.57. The molecule has 6 heteroatoms. The van der Waals surface area contributed by atoms with E-state index < -0.39 is 11.8 Å². The van der Waals surface area contributed by atoms with Gasteiger partial charge in [-0.05, 0) is 44.5 Å². The van der Waals surface area contributed by atoms with Crippen LogP contribution >= 0.6 is 0 Å². The lowest BCUT2D eigenvalue weighted by Crippen LogP contribution is -2.44. The largest absolute Gasteiger partial charge is 0.507 e. The van der Waals surface area contributed by atoms with Crippen molar-refractivity contribution < 1.29 is 14.7 Å². The molecule has 0 saturated carbocycles. The number of aromatic hydroxyl groups is 1. The lowest BCUT2D eigenvalue weighted by Gasteiger charge is -2.12. The molecule has 0 aliphatic carbocycles. The zero-order valence-corrected chi connectivity index (χ0v) is 13.9. The van der Waals surface area contributed by atoms with Crippen LogP contribution in [0, 0.1) is 20.8 Å². The van der Waals surface area contributed by atoms with E-state index in [0.29, 0.717) is 0 Å². The second-order valence-electron chi connectivity index (χ2n) is 5.69. The molecule has 0 fully saturated rings. The second-order valence-corrected chi connectivity index (χ2v) is 5.69. The van der Waals surface area contributed by atoms with Gasteiger partial charge in [0.1, 0.15) is 5.75 Å². The predicted molar refractivity (Wildman–Crippen MR) is 92.9 cm³/mol. The fourth-order valence-electron chi connectivity index (χ4n) is 2.26. The number of hydrazine groups is 1. The number of carbonyl (C=O) groups is 2. The van der Waals surface area contributed by atoms with Crippen LogP contribution in [0.3, 0.4) is 0 Å². The van der Waals surface area contributed by atoms with Crippen molar-refractivity contribution in [2.45, 2.75) is 20.8 Å². The Morgan fingerprint density at radius 3 is 2.33 bits per heavy atom. The molecule has 0 spiro atoms. The molecule has 0 bridgehead atoms. The van der Waals surface area contributed by atoms with E-state index in [0.717, 1.165) is 22.4 Å². The standard InChI is InChI=1S/C18H21N3O3/c1-11-4-6-15(13(3)8-11)19-10-17(23)20-21-18(24)14-9-12(2)5-7-16(14)22/h4-9,19,22H,10H2,1-3H3,(H,20,23)(H,21,24). The zero-order valence-electron chi connectivity index (χ0n) is 13.9. The van der Waals surface area contributed by atoms with Gasteiger partial charge in [0.05, 0.1) is 12.1 Å². The van der Waals surface area contributed by atoms with E-state index in [-0.39, 0.29) is 17.9 Å². The van der Waals surface area contributed by atoms with Crippen molar-refractivity contribution in [3.63, 3.8) is 0 Å². The minimum atomic E-state index is -0.573. The Morgan fingerprint density at radius 2 is 1.62 bits per heavy atom. The summed E-state index contributed by atoms with van der Waals surface area (Å²) in [4.78, 5) is 23.8. The fraction of sp³-hybridized carbons (Fsp3) is 0.222. The molecule has 4 N–H and O–H groups in total. The molecule has 0 aliphatic rings. The first kappa shape index (κ1) is 17.3. The van der Waals surface area contributed by atoms with E-state index in [1.165, 1.54) is 6.07 Å². The van der Waals surface area contributed by atoms with Crippen molar-refractivity contribution in [2.24, 2.45) is 0 Å². The number of rotatable bonds is 4. The Kier molecular flexibility index (Phi) is 5.42. The molecule has 2 amide bonds. The van der Waals surface area contributed by atoms with Crippen LogP contribution in [0.15, 0.2) is 36.4 Å². The number of hydrogen-bond donors (Lipinski definition) is 4. The van der Waals surface area contributed by atoms with Gasteiger partial charge in [-0.15, -0.1) is 0 Å². The van der Waals surface area contributed by atoms with E-state index >= 15 is 0 Å². The number of amides is 2. The van der Waals surface area contributed by atoms with Gasteiger partial charge in [-0.2, -0.15) is 0 Å². The smallest absolute Gasteiger partial charge is 0.273 e. The van der Waals surface area contributed by atoms with E-state index in [4.69, 9.17) is 0 Å². The van der Waals surface area contributed by atoms with Crippen molar-refractivity contribution >= 4 is 17.5 Å². The molecule has 2 aromatic carbocycles. The van der Waals surface area contributed by atoms with Crippen LogP contribution < -0.4 is 16.2 Å². The minimum Gasteiger partial charge on any atom is -0.507 e. The Balaban J connectivity index is 1.86. The Bertz CT molecular complexity index is 772. The molecule has 0 atom stereocenters. The summed E-state index contributed by atoms with van der Waals surface area (Å²) in [6, 6.07) is 10.6. The third-order valence-corrected chi connectivity index (χ3v) is 3.53. The zero-order chi connectivity index (χ0) is 17.7. The molecule has 0 radical (unpaired) electrons. The number of benzene rings is 2. The van der Waals surface area contributed by atoms with E-state index in [2.05, 4.69) is 16.2 Å². The van der Waals surface area contributed by atoms with E-state index in [1.807, 2.05) is 39.0 Å². The molecular weight excluding hydrogens is 306 g/mol. The maximum atomic E-state index is 12.0. The predicted octanol–water partition coefficient (Wildman–Crippen LogP) is 2.19. The molecule has 0 heterocycles. The maximum Gasteiger partial charge on any atom is 0.273 e. The SMILES string of the molecule is Cc1ccc(NCC(=O)NNC(=O)c2cc(C)ccc2O)c(C)c1. The summed E-state index contributed by atoms with van der Waals surface area (Å²) in [7, 11) is 0. The van der Waals surface area contributed by atoms with Crippen LogP contribution in [0.2, 0.25) is 0 Å². The van der Waals surface area contributed by atoms with Crippen molar-refractivity contribution in [3.05, 3.63) is 58.7 Å². The molecule has 126 valence electrons. The highest BCUT2D eigenvalue weighted by molar-refractivity contribution is 5.98. The highest BCUT2D eigenvalue weighted by Gasteiger charge is 2.12. The summed E-state index contributed by atoms with van der Waals surface area (Å²) >= 11 is 0. The molecule has 0 aliphatic heterocycles. The van der Waals surface area contributed by atoms with Gasteiger partial charge < -0.3 is 10.4 Å². The van der Waals surface area contributed by atoms with Crippen molar-refractivity contribution in [1.82, 2.24) is 10.9 Å². The minimum absolute atomic E-state index is 0.0178. The van der Waals surface area contributed by atoms with Gasteiger partial charge in [-0.25, -0.2) is 0 Å². The Labute approximate surface area is 140 Å². The third-order valence-electron chi connectivity index (χ3n) is 3.53. The number of anilines is 1. The van der Waals surface area contributed by atoms with Gasteiger partial charge in [-0.3, -0.25) is 20.4 Å². The first-order valence-corrected chi connectivity index (χ1v) is 7.57. The molecule has 2 aromatic rings. The summed E-state index contributed by atoms with van der Waals surface area (Å²) in [6.45, 7) is 5.78. The Morgan fingerprint density at radius 1 is 0.958 bits per heavy atom. The second kappa shape index (κ2) is 7.50. The number of carbonyl (C=O) groups excluding carboxylic acids is 2. The van der Waals surface area contributed by atoms with Crippen LogP contribution in [0.4, 0.5) is 5.69 Å². The summed E-state index contributed by atoms with van der Waals surface area (Å²) in [5, 5.41) is 12.7. The normalized spacial score (nSPS) is 10.1. The average molecular weight is 327 g/mol. The first-order chi connectivity index (χ1) is 11.4. The molecule has 0 saturated heterocycles. The van der Waals surface area contributed by atoms with Gasteiger partial charge >= 0.3 is 0 Å². The fourth-order valence-corrected chi connectivity index (χ4v) is 2.26. The highest BCUT2D eigenvalue weighted by Crippen LogP contribution is 2.17. The highest BCUT2D eigenvalue weighted by atomic mass is 16.3.